The SMILES string of the molecule is CON=C(C)c1ccc(-c2ccc(CC(=O)Nc3ccc(OC)c(OCCN(C)C)c3)cc2)c(C)c1. The normalized spacial score (nSPS) is 11.4. The van der Waals surface area contributed by atoms with Gasteiger partial charge >= 0.3 is 0 Å². The zero-order chi connectivity index (χ0) is 26.1. The molecule has 0 aromatic heterocycles. The van der Waals surface area contributed by atoms with Crippen LogP contribution in [0.1, 0.15) is 23.6 Å². The highest BCUT2D eigenvalue weighted by Gasteiger charge is 2.11. The maximum Gasteiger partial charge on any atom is 0.228 e. The maximum atomic E-state index is 12.7. The number of methoxy groups -OCH3 is 1. The number of aryl methyl sites for hydroxylation is 1. The first-order valence-corrected chi connectivity index (χ1v) is 11.8. The van der Waals surface area contributed by atoms with Crippen molar-refractivity contribution in [3.8, 4) is 22.6 Å². The van der Waals surface area contributed by atoms with Crippen LogP contribution in [0.15, 0.2) is 65.8 Å². The Bertz CT molecular complexity index is 1200. The Morgan fingerprint density at radius 3 is 2.36 bits per heavy atom. The fraction of sp³-hybridized carbons (Fsp3) is 0.310. The van der Waals surface area contributed by atoms with Gasteiger partial charge in [0.2, 0.25) is 5.91 Å². The number of carbonyl (C=O) groups is 1. The molecule has 0 aliphatic heterocycles. The predicted octanol–water partition coefficient (Wildman–Crippen LogP) is 5.16. The van der Waals surface area contributed by atoms with Crippen molar-refractivity contribution in [3.63, 3.8) is 0 Å². The van der Waals surface area contributed by atoms with Gasteiger partial charge in [-0.25, -0.2) is 0 Å². The molecule has 0 fully saturated rings. The van der Waals surface area contributed by atoms with E-state index in [1.807, 2.05) is 62.3 Å². The Labute approximate surface area is 213 Å². The molecular formula is C29H35N3O4. The van der Waals surface area contributed by atoms with Gasteiger partial charge in [0.05, 0.1) is 19.2 Å². The molecule has 0 atom stereocenters. The Kier molecular flexibility index (Phi) is 9.47. The second-order valence-electron chi connectivity index (χ2n) is 8.83. The molecule has 0 saturated carbocycles. The van der Waals surface area contributed by atoms with E-state index >= 15 is 0 Å². The smallest absolute Gasteiger partial charge is 0.228 e. The number of ether oxygens (including phenoxy) is 2. The molecule has 0 saturated heterocycles. The molecule has 1 amide bonds. The highest BCUT2D eigenvalue weighted by Crippen LogP contribution is 2.30. The third-order valence-electron chi connectivity index (χ3n) is 5.75. The van der Waals surface area contributed by atoms with Crippen LogP contribution in [0.5, 0.6) is 11.5 Å². The van der Waals surface area contributed by atoms with E-state index in [1.165, 1.54) is 0 Å². The number of rotatable bonds is 11. The minimum atomic E-state index is -0.0967. The van der Waals surface area contributed by atoms with Gasteiger partial charge in [-0.05, 0) is 74.0 Å². The van der Waals surface area contributed by atoms with Crippen LogP contribution >= 0.6 is 0 Å². The van der Waals surface area contributed by atoms with Crippen molar-refractivity contribution >= 4 is 17.3 Å². The summed E-state index contributed by atoms with van der Waals surface area (Å²) in [5, 5.41) is 6.96. The number of benzene rings is 3. The summed E-state index contributed by atoms with van der Waals surface area (Å²) in [5.41, 5.74) is 6.84. The molecule has 0 unspecified atom stereocenters. The average Bonchev–Trinajstić information content (AvgIpc) is 2.84. The van der Waals surface area contributed by atoms with Gasteiger partial charge in [0.25, 0.3) is 0 Å². The molecule has 3 aromatic rings. The van der Waals surface area contributed by atoms with E-state index in [1.54, 1.807) is 26.4 Å². The summed E-state index contributed by atoms with van der Waals surface area (Å²) in [4.78, 5) is 19.6. The predicted molar refractivity (Wildman–Crippen MR) is 145 cm³/mol. The molecule has 0 aliphatic carbocycles. The lowest BCUT2D eigenvalue weighted by atomic mass is 9.96. The molecular weight excluding hydrogens is 454 g/mol. The van der Waals surface area contributed by atoms with E-state index in [2.05, 4.69) is 29.5 Å². The molecule has 7 nitrogen and oxygen atoms in total. The largest absolute Gasteiger partial charge is 0.493 e. The van der Waals surface area contributed by atoms with Gasteiger partial charge in [-0.2, -0.15) is 0 Å². The van der Waals surface area contributed by atoms with Crippen molar-refractivity contribution in [1.29, 1.82) is 0 Å². The Morgan fingerprint density at radius 1 is 0.972 bits per heavy atom. The first-order valence-electron chi connectivity index (χ1n) is 11.8. The zero-order valence-corrected chi connectivity index (χ0v) is 21.9. The van der Waals surface area contributed by atoms with E-state index in [0.29, 0.717) is 23.8 Å². The van der Waals surface area contributed by atoms with E-state index in [0.717, 1.165) is 40.1 Å². The molecule has 0 aliphatic rings. The van der Waals surface area contributed by atoms with E-state index in [9.17, 15) is 4.79 Å². The summed E-state index contributed by atoms with van der Waals surface area (Å²) in [6, 6.07) is 19.7. The monoisotopic (exact) mass is 489 g/mol. The molecule has 190 valence electrons. The third-order valence-corrected chi connectivity index (χ3v) is 5.75. The third kappa shape index (κ3) is 7.33. The van der Waals surface area contributed by atoms with Gasteiger partial charge in [-0.1, -0.05) is 41.6 Å². The van der Waals surface area contributed by atoms with Gasteiger partial charge in [0.15, 0.2) is 11.5 Å². The van der Waals surface area contributed by atoms with Crippen molar-refractivity contribution in [2.45, 2.75) is 20.3 Å². The van der Waals surface area contributed by atoms with Crippen molar-refractivity contribution in [1.82, 2.24) is 4.90 Å². The van der Waals surface area contributed by atoms with Gasteiger partial charge in [0, 0.05) is 18.3 Å². The number of hydrogen-bond acceptors (Lipinski definition) is 6. The second kappa shape index (κ2) is 12.7. The molecule has 36 heavy (non-hydrogen) atoms. The van der Waals surface area contributed by atoms with Crippen LogP contribution < -0.4 is 14.8 Å². The number of hydrogen-bond donors (Lipinski definition) is 1. The first-order chi connectivity index (χ1) is 17.3. The number of carbonyl (C=O) groups excluding carboxylic acids is 1. The lowest BCUT2D eigenvalue weighted by Crippen LogP contribution is -2.19. The molecule has 0 bridgehead atoms. The van der Waals surface area contributed by atoms with Crippen LogP contribution in [0.25, 0.3) is 11.1 Å². The topological polar surface area (TPSA) is 72.4 Å². The molecule has 7 heteroatoms. The van der Waals surface area contributed by atoms with Gasteiger partial charge < -0.3 is 24.5 Å². The lowest BCUT2D eigenvalue weighted by Gasteiger charge is -2.15. The number of nitrogens with one attached hydrogen (secondary N) is 1. The summed E-state index contributed by atoms with van der Waals surface area (Å²) in [6.07, 6.45) is 0.272. The van der Waals surface area contributed by atoms with Crippen molar-refractivity contribution < 1.29 is 19.1 Å². The highest BCUT2D eigenvalue weighted by atomic mass is 16.6. The number of likely N-dealkylation sites (N-methyl/N-ethyl adjacent to an activating group) is 1. The number of anilines is 1. The Balaban J connectivity index is 1.65. The zero-order valence-electron chi connectivity index (χ0n) is 21.9. The van der Waals surface area contributed by atoms with Gasteiger partial charge in [-0.15, -0.1) is 0 Å². The highest BCUT2D eigenvalue weighted by molar-refractivity contribution is 5.99. The van der Waals surface area contributed by atoms with Gasteiger partial charge in [-0.3, -0.25) is 4.79 Å². The van der Waals surface area contributed by atoms with Crippen molar-refractivity contribution in [3.05, 3.63) is 77.4 Å². The summed E-state index contributed by atoms with van der Waals surface area (Å²) < 4.78 is 11.2. The summed E-state index contributed by atoms with van der Waals surface area (Å²) in [7, 11) is 7.12. The standard InChI is InChI=1S/C29H35N3O4/c1-20-17-24(21(2)31-35-6)11-13-26(20)23-9-7-22(8-10-23)18-29(33)30-25-12-14-27(34-5)28(19-25)36-16-15-32(3)4/h7-14,17,19H,15-16,18H2,1-6H3,(H,30,33). The van der Waals surface area contributed by atoms with Crippen LogP contribution in [0, 0.1) is 6.92 Å². The summed E-state index contributed by atoms with van der Waals surface area (Å²) in [5.74, 6) is 1.14. The number of amides is 1. The van der Waals surface area contributed by atoms with Crippen molar-refractivity contribution in [2.75, 3.05) is 46.8 Å². The molecule has 0 radical (unpaired) electrons. The molecule has 0 spiro atoms. The Morgan fingerprint density at radius 2 is 1.72 bits per heavy atom. The fourth-order valence-electron chi connectivity index (χ4n) is 3.80. The Hall–Kier alpha value is -3.84. The van der Waals surface area contributed by atoms with E-state index in [-0.39, 0.29) is 12.3 Å². The van der Waals surface area contributed by atoms with Gasteiger partial charge in [0.1, 0.15) is 13.7 Å². The van der Waals surface area contributed by atoms with Crippen LogP contribution in [0.2, 0.25) is 0 Å². The summed E-state index contributed by atoms with van der Waals surface area (Å²) >= 11 is 0. The average molecular weight is 490 g/mol. The van der Waals surface area contributed by atoms with Crippen LogP contribution in [0.3, 0.4) is 0 Å². The molecule has 1 N–H and O–H groups in total. The summed E-state index contributed by atoms with van der Waals surface area (Å²) in [6.45, 7) is 5.30. The van der Waals surface area contributed by atoms with E-state index < -0.39 is 0 Å². The number of nitrogens with zero attached hydrogens (tertiary/aromatic N) is 2. The molecule has 0 heterocycles. The molecule has 3 aromatic carbocycles. The van der Waals surface area contributed by atoms with Crippen LogP contribution in [-0.2, 0) is 16.1 Å². The van der Waals surface area contributed by atoms with Crippen LogP contribution in [0.4, 0.5) is 5.69 Å². The quantitative estimate of drug-likeness (QED) is 0.297. The minimum Gasteiger partial charge on any atom is -0.493 e. The molecule has 3 rings (SSSR count). The number of oxime groups is 1. The van der Waals surface area contributed by atoms with Crippen LogP contribution in [-0.4, -0.2) is 58.0 Å². The van der Waals surface area contributed by atoms with E-state index in [4.69, 9.17) is 14.3 Å². The first kappa shape index (κ1) is 26.8. The minimum absolute atomic E-state index is 0.0967. The fourth-order valence-corrected chi connectivity index (χ4v) is 3.80. The van der Waals surface area contributed by atoms with Crippen molar-refractivity contribution in [2.24, 2.45) is 5.16 Å². The second-order valence-corrected chi connectivity index (χ2v) is 8.83. The maximum absolute atomic E-state index is 12.7. The lowest BCUT2D eigenvalue weighted by molar-refractivity contribution is -0.115.